The lowest BCUT2D eigenvalue weighted by molar-refractivity contribution is 0.181. The molecule has 0 saturated heterocycles. The average molecular weight is 219 g/mol. The smallest absolute Gasteiger partial charge is 0.0825 e. The van der Waals surface area contributed by atoms with Crippen LogP contribution in [0.5, 0.6) is 0 Å². The number of aliphatic hydroxyl groups excluding tert-OH is 1. The molecule has 0 amide bonds. The van der Waals surface area contributed by atoms with Gasteiger partial charge in [-0.25, -0.2) is 0 Å². The third kappa shape index (κ3) is 4.07. The minimum absolute atomic E-state index is 0.395. The molecule has 0 aliphatic heterocycles. The molecule has 2 nitrogen and oxygen atoms in total. The van der Waals surface area contributed by atoms with E-state index in [2.05, 4.69) is 24.9 Å². The standard InChI is InChI=1S/C14H21NO/c1-3-15(4-2)12-8-11-14(16)13-9-6-5-7-10-13/h5-10,12,14,16H,3-4,11H2,1-2H3/b12-8+. The van der Waals surface area contributed by atoms with E-state index in [9.17, 15) is 5.11 Å². The summed E-state index contributed by atoms with van der Waals surface area (Å²) in [5, 5.41) is 9.91. The van der Waals surface area contributed by atoms with E-state index in [-0.39, 0.29) is 0 Å². The van der Waals surface area contributed by atoms with Gasteiger partial charge in [-0.15, -0.1) is 0 Å². The molecule has 0 aliphatic rings. The summed E-state index contributed by atoms with van der Waals surface area (Å²) in [6.07, 6.45) is 4.37. The molecule has 0 radical (unpaired) electrons. The van der Waals surface area contributed by atoms with Crippen LogP contribution in [0.25, 0.3) is 0 Å². The second-order valence-electron chi connectivity index (χ2n) is 3.77. The van der Waals surface area contributed by atoms with Gasteiger partial charge in [0.05, 0.1) is 6.10 Å². The van der Waals surface area contributed by atoms with E-state index in [1.165, 1.54) is 0 Å². The van der Waals surface area contributed by atoms with E-state index >= 15 is 0 Å². The molecule has 88 valence electrons. The summed E-state index contributed by atoms with van der Waals surface area (Å²) in [4.78, 5) is 2.21. The molecule has 0 aromatic heterocycles. The Labute approximate surface area is 98.2 Å². The van der Waals surface area contributed by atoms with Gasteiger partial charge >= 0.3 is 0 Å². The normalized spacial score (nSPS) is 12.9. The quantitative estimate of drug-likeness (QED) is 0.795. The highest BCUT2D eigenvalue weighted by Crippen LogP contribution is 2.16. The predicted molar refractivity (Wildman–Crippen MR) is 68.1 cm³/mol. The number of aliphatic hydroxyl groups is 1. The van der Waals surface area contributed by atoms with E-state index in [0.29, 0.717) is 6.42 Å². The molecule has 1 N–H and O–H groups in total. The molecule has 1 aromatic rings. The fraction of sp³-hybridized carbons (Fsp3) is 0.429. The first-order valence-corrected chi connectivity index (χ1v) is 5.91. The van der Waals surface area contributed by atoms with Crippen LogP contribution in [0.2, 0.25) is 0 Å². The first-order valence-electron chi connectivity index (χ1n) is 5.91. The van der Waals surface area contributed by atoms with Crippen molar-refractivity contribution in [2.45, 2.75) is 26.4 Å². The Hall–Kier alpha value is -1.28. The fourth-order valence-corrected chi connectivity index (χ4v) is 1.58. The lowest BCUT2D eigenvalue weighted by Gasteiger charge is -2.15. The van der Waals surface area contributed by atoms with E-state index < -0.39 is 6.10 Å². The maximum absolute atomic E-state index is 9.91. The van der Waals surface area contributed by atoms with Crippen molar-refractivity contribution in [3.05, 3.63) is 48.2 Å². The molecule has 0 heterocycles. The average Bonchev–Trinajstić information content (AvgIpc) is 2.35. The molecule has 0 saturated carbocycles. The van der Waals surface area contributed by atoms with Crippen molar-refractivity contribution >= 4 is 0 Å². The van der Waals surface area contributed by atoms with Gasteiger partial charge in [0.2, 0.25) is 0 Å². The van der Waals surface area contributed by atoms with Crippen molar-refractivity contribution in [3.63, 3.8) is 0 Å². The van der Waals surface area contributed by atoms with Gasteiger partial charge in [-0.2, -0.15) is 0 Å². The van der Waals surface area contributed by atoms with Gasteiger partial charge in [0.1, 0.15) is 0 Å². The Kier molecular flexibility index (Phi) is 5.65. The Morgan fingerprint density at radius 1 is 1.19 bits per heavy atom. The number of benzene rings is 1. The minimum Gasteiger partial charge on any atom is -0.388 e. The molecule has 2 heteroatoms. The van der Waals surface area contributed by atoms with Crippen LogP contribution in [0, 0.1) is 0 Å². The van der Waals surface area contributed by atoms with Gasteiger partial charge in [-0.1, -0.05) is 36.4 Å². The number of rotatable bonds is 6. The van der Waals surface area contributed by atoms with Crippen molar-refractivity contribution in [3.8, 4) is 0 Å². The largest absolute Gasteiger partial charge is 0.388 e. The second-order valence-corrected chi connectivity index (χ2v) is 3.77. The van der Waals surface area contributed by atoms with Gasteiger partial charge in [0.25, 0.3) is 0 Å². The Bertz CT molecular complexity index is 304. The van der Waals surface area contributed by atoms with Crippen LogP contribution in [0.1, 0.15) is 31.9 Å². The lowest BCUT2D eigenvalue weighted by atomic mass is 10.1. The highest BCUT2D eigenvalue weighted by atomic mass is 16.3. The molecule has 0 fully saturated rings. The first-order chi connectivity index (χ1) is 7.77. The zero-order valence-electron chi connectivity index (χ0n) is 10.1. The summed E-state index contributed by atoms with van der Waals surface area (Å²) in [5.74, 6) is 0. The summed E-state index contributed by atoms with van der Waals surface area (Å²) >= 11 is 0. The van der Waals surface area contributed by atoms with Gasteiger partial charge < -0.3 is 10.0 Å². The van der Waals surface area contributed by atoms with Crippen molar-refractivity contribution in [1.29, 1.82) is 0 Å². The van der Waals surface area contributed by atoms with Crippen molar-refractivity contribution in [2.24, 2.45) is 0 Å². The minimum atomic E-state index is -0.395. The van der Waals surface area contributed by atoms with Crippen LogP contribution >= 0.6 is 0 Å². The third-order valence-corrected chi connectivity index (χ3v) is 2.67. The number of hydrogen-bond donors (Lipinski definition) is 1. The van der Waals surface area contributed by atoms with E-state index in [1.807, 2.05) is 36.4 Å². The van der Waals surface area contributed by atoms with Crippen LogP contribution in [-0.4, -0.2) is 23.1 Å². The summed E-state index contributed by atoms with van der Waals surface area (Å²) in [6.45, 7) is 6.27. The van der Waals surface area contributed by atoms with Crippen molar-refractivity contribution in [1.82, 2.24) is 4.90 Å². The van der Waals surface area contributed by atoms with Crippen LogP contribution in [0.15, 0.2) is 42.6 Å². The van der Waals surface area contributed by atoms with Gasteiger partial charge in [-0.05, 0) is 32.0 Å². The maximum atomic E-state index is 9.91. The van der Waals surface area contributed by atoms with E-state index in [4.69, 9.17) is 0 Å². The lowest BCUT2D eigenvalue weighted by Crippen LogP contribution is -2.15. The molecule has 0 spiro atoms. The highest BCUT2D eigenvalue weighted by molar-refractivity contribution is 5.17. The molecule has 1 aromatic carbocycles. The van der Waals surface area contributed by atoms with E-state index in [0.717, 1.165) is 18.7 Å². The van der Waals surface area contributed by atoms with Crippen LogP contribution in [0.3, 0.4) is 0 Å². The summed E-state index contributed by atoms with van der Waals surface area (Å²) in [7, 11) is 0. The monoisotopic (exact) mass is 219 g/mol. The molecule has 1 unspecified atom stereocenters. The first kappa shape index (κ1) is 12.8. The fourth-order valence-electron chi connectivity index (χ4n) is 1.58. The summed E-state index contributed by atoms with van der Waals surface area (Å²) in [5.41, 5.74) is 0.978. The zero-order valence-corrected chi connectivity index (χ0v) is 10.1. The van der Waals surface area contributed by atoms with Crippen LogP contribution in [-0.2, 0) is 0 Å². The molecule has 1 atom stereocenters. The molecule has 1 rings (SSSR count). The third-order valence-electron chi connectivity index (χ3n) is 2.67. The van der Waals surface area contributed by atoms with Crippen molar-refractivity contribution < 1.29 is 5.11 Å². The molecule has 16 heavy (non-hydrogen) atoms. The maximum Gasteiger partial charge on any atom is 0.0825 e. The highest BCUT2D eigenvalue weighted by Gasteiger charge is 2.03. The van der Waals surface area contributed by atoms with E-state index in [1.54, 1.807) is 0 Å². The number of hydrogen-bond acceptors (Lipinski definition) is 2. The van der Waals surface area contributed by atoms with Crippen LogP contribution < -0.4 is 0 Å². The Morgan fingerprint density at radius 3 is 2.38 bits per heavy atom. The molecular weight excluding hydrogens is 198 g/mol. The summed E-state index contributed by atoms with van der Waals surface area (Å²) in [6, 6.07) is 9.77. The zero-order chi connectivity index (χ0) is 11.8. The SMILES string of the molecule is CCN(/C=C/CC(O)c1ccccc1)CC. The van der Waals surface area contributed by atoms with Gasteiger partial charge in [0, 0.05) is 13.1 Å². The Balaban J connectivity index is 2.44. The Morgan fingerprint density at radius 2 is 1.81 bits per heavy atom. The van der Waals surface area contributed by atoms with Crippen molar-refractivity contribution in [2.75, 3.05) is 13.1 Å². The molecule has 0 bridgehead atoms. The number of nitrogens with zero attached hydrogens (tertiary/aromatic N) is 1. The topological polar surface area (TPSA) is 23.5 Å². The second kappa shape index (κ2) is 7.07. The van der Waals surface area contributed by atoms with Crippen LogP contribution in [0.4, 0.5) is 0 Å². The molecule has 0 aliphatic carbocycles. The molecular formula is C14H21NO. The van der Waals surface area contributed by atoms with Gasteiger partial charge in [-0.3, -0.25) is 0 Å². The van der Waals surface area contributed by atoms with Gasteiger partial charge in [0.15, 0.2) is 0 Å². The summed E-state index contributed by atoms with van der Waals surface area (Å²) < 4.78 is 0. The predicted octanol–water partition coefficient (Wildman–Crippen LogP) is 2.97.